The monoisotopic (exact) mass is 430 g/mol. The molecular formula is C23H28ClFN4O. The Balaban J connectivity index is 1.46. The van der Waals surface area contributed by atoms with Crippen LogP contribution < -0.4 is 15.5 Å². The Bertz CT molecular complexity index is 916. The van der Waals surface area contributed by atoms with E-state index in [1.807, 2.05) is 6.20 Å². The Labute approximate surface area is 182 Å². The number of carbonyl (C=O) groups excluding carboxylic acids is 1. The number of hydrogen-bond donors (Lipinski definition) is 2. The fourth-order valence-electron chi connectivity index (χ4n) is 4.45. The molecule has 1 saturated heterocycles. The third-order valence-corrected chi connectivity index (χ3v) is 6.41. The quantitative estimate of drug-likeness (QED) is 0.705. The van der Waals surface area contributed by atoms with Crippen LogP contribution in [0.15, 0.2) is 30.5 Å². The first-order valence-corrected chi connectivity index (χ1v) is 11.1. The molecule has 2 atom stereocenters. The first kappa shape index (κ1) is 20.9. The number of benzene rings is 1. The number of carbonyl (C=O) groups is 1. The van der Waals surface area contributed by atoms with Crippen molar-refractivity contribution in [3.05, 3.63) is 52.4 Å². The number of nitrogens with zero attached hydrogens (tertiary/aromatic N) is 2. The zero-order chi connectivity index (χ0) is 21.1. The summed E-state index contributed by atoms with van der Waals surface area (Å²) in [5.41, 5.74) is 2.79. The maximum atomic E-state index is 13.4. The van der Waals surface area contributed by atoms with Crippen LogP contribution in [-0.4, -0.2) is 36.1 Å². The summed E-state index contributed by atoms with van der Waals surface area (Å²) >= 11 is 5.84. The van der Waals surface area contributed by atoms with Gasteiger partial charge in [0.25, 0.3) is 5.91 Å². The first-order chi connectivity index (χ1) is 14.5. The number of nitrogens with one attached hydrogen (secondary N) is 2. The topological polar surface area (TPSA) is 57.3 Å². The summed E-state index contributed by atoms with van der Waals surface area (Å²) in [7, 11) is 0. The highest BCUT2D eigenvalue weighted by Crippen LogP contribution is 2.28. The van der Waals surface area contributed by atoms with Gasteiger partial charge in [0.05, 0.1) is 5.02 Å². The number of anilines is 2. The molecule has 160 valence electrons. The Morgan fingerprint density at radius 1 is 1.13 bits per heavy atom. The van der Waals surface area contributed by atoms with Crippen LogP contribution in [-0.2, 0) is 0 Å². The summed E-state index contributed by atoms with van der Waals surface area (Å²) in [6, 6.07) is 6.28. The van der Waals surface area contributed by atoms with Crippen molar-refractivity contribution in [3.63, 3.8) is 0 Å². The van der Waals surface area contributed by atoms with Crippen LogP contribution in [0.3, 0.4) is 0 Å². The average molecular weight is 431 g/mol. The van der Waals surface area contributed by atoms with Crippen LogP contribution in [0.5, 0.6) is 0 Å². The zero-order valence-corrected chi connectivity index (χ0v) is 18.0. The standard InChI is InChI=1S/C23H28ClFN4O/c1-15-14-26-22(13-21(15)29-10-4-5-11-29)27-19-6-2-3-7-20(19)28-23(30)16-8-9-18(25)17(24)12-16/h8-9,12-14,19-20H,2-7,10-11H2,1H3,(H,26,27)(H,28,30). The van der Waals surface area contributed by atoms with E-state index in [2.05, 4.69) is 33.5 Å². The highest BCUT2D eigenvalue weighted by Gasteiger charge is 2.27. The summed E-state index contributed by atoms with van der Waals surface area (Å²) in [5, 5.41) is 6.63. The smallest absolute Gasteiger partial charge is 0.251 e. The van der Waals surface area contributed by atoms with Crippen molar-refractivity contribution < 1.29 is 9.18 Å². The second-order valence-electron chi connectivity index (χ2n) is 8.29. The van der Waals surface area contributed by atoms with Crippen LogP contribution in [0, 0.1) is 12.7 Å². The molecule has 1 saturated carbocycles. The minimum atomic E-state index is -0.523. The molecule has 2 N–H and O–H groups in total. The van der Waals surface area contributed by atoms with Gasteiger partial charge in [0.1, 0.15) is 11.6 Å². The number of pyridine rings is 1. The van der Waals surface area contributed by atoms with Crippen LogP contribution in [0.1, 0.15) is 54.4 Å². The molecule has 1 aromatic carbocycles. The van der Waals surface area contributed by atoms with E-state index in [1.165, 1.54) is 42.3 Å². The lowest BCUT2D eigenvalue weighted by Crippen LogP contribution is -2.48. The Morgan fingerprint density at radius 2 is 1.87 bits per heavy atom. The lowest BCUT2D eigenvalue weighted by atomic mass is 9.90. The lowest BCUT2D eigenvalue weighted by molar-refractivity contribution is 0.0923. The Kier molecular flexibility index (Phi) is 6.42. The molecule has 2 unspecified atom stereocenters. The van der Waals surface area contributed by atoms with Crippen molar-refractivity contribution >= 4 is 29.0 Å². The average Bonchev–Trinajstić information content (AvgIpc) is 3.27. The van der Waals surface area contributed by atoms with Crippen molar-refractivity contribution in [2.75, 3.05) is 23.3 Å². The zero-order valence-electron chi connectivity index (χ0n) is 17.3. The number of hydrogen-bond acceptors (Lipinski definition) is 4. The molecule has 1 aliphatic carbocycles. The van der Waals surface area contributed by atoms with E-state index in [0.29, 0.717) is 5.56 Å². The number of amides is 1. The molecule has 1 aliphatic heterocycles. The second-order valence-corrected chi connectivity index (χ2v) is 8.70. The summed E-state index contributed by atoms with van der Waals surface area (Å²) in [4.78, 5) is 19.7. The van der Waals surface area contributed by atoms with Gasteiger partial charge in [0.15, 0.2) is 0 Å². The molecule has 0 bridgehead atoms. The SMILES string of the molecule is Cc1cnc(NC2CCCCC2NC(=O)c2ccc(F)c(Cl)c2)cc1N1CCCC1. The molecule has 7 heteroatoms. The van der Waals surface area contributed by atoms with E-state index in [-0.39, 0.29) is 23.0 Å². The summed E-state index contributed by atoms with van der Waals surface area (Å²) in [6.45, 7) is 4.28. The molecular weight excluding hydrogens is 403 g/mol. The predicted molar refractivity (Wildman–Crippen MR) is 119 cm³/mol. The van der Waals surface area contributed by atoms with Crippen molar-refractivity contribution in [2.24, 2.45) is 0 Å². The van der Waals surface area contributed by atoms with Gasteiger partial charge in [-0.15, -0.1) is 0 Å². The summed E-state index contributed by atoms with van der Waals surface area (Å²) < 4.78 is 13.4. The van der Waals surface area contributed by atoms with E-state index in [4.69, 9.17) is 11.6 Å². The summed E-state index contributed by atoms with van der Waals surface area (Å²) in [6.07, 6.45) is 8.41. The molecule has 2 heterocycles. The molecule has 1 aromatic heterocycles. The predicted octanol–water partition coefficient (Wildman–Crippen LogP) is 4.94. The van der Waals surface area contributed by atoms with Crippen molar-refractivity contribution in [1.82, 2.24) is 10.3 Å². The third kappa shape index (κ3) is 4.69. The fourth-order valence-corrected chi connectivity index (χ4v) is 4.63. The van der Waals surface area contributed by atoms with Gasteiger partial charge in [0.2, 0.25) is 0 Å². The normalized spacial score (nSPS) is 21.5. The molecule has 1 amide bonds. The highest BCUT2D eigenvalue weighted by molar-refractivity contribution is 6.31. The lowest BCUT2D eigenvalue weighted by Gasteiger charge is -2.33. The van der Waals surface area contributed by atoms with E-state index >= 15 is 0 Å². The van der Waals surface area contributed by atoms with Gasteiger partial charge >= 0.3 is 0 Å². The van der Waals surface area contributed by atoms with E-state index < -0.39 is 5.82 Å². The van der Waals surface area contributed by atoms with Gasteiger partial charge in [-0.05, 0) is 56.4 Å². The van der Waals surface area contributed by atoms with Gasteiger partial charge in [0, 0.05) is 48.7 Å². The first-order valence-electron chi connectivity index (χ1n) is 10.8. The van der Waals surface area contributed by atoms with E-state index in [1.54, 1.807) is 0 Å². The number of halogens is 2. The highest BCUT2D eigenvalue weighted by atomic mass is 35.5. The van der Waals surface area contributed by atoms with E-state index in [9.17, 15) is 9.18 Å². The largest absolute Gasteiger partial charge is 0.371 e. The summed E-state index contributed by atoms with van der Waals surface area (Å²) in [5.74, 6) is 0.0911. The molecule has 2 fully saturated rings. The third-order valence-electron chi connectivity index (χ3n) is 6.12. The number of aryl methyl sites for hydroxylation is 1. The molecule has 2 aliphatic rings. The minimum Gasteiger partial charge on any atom is -0.371 e. The van der Waals surface area contributed by atoms with Gasteiger partial charge in [-0.3, -0.25) is 4.79 Å². The van der Waals surface area contributed by atoms with Crippen LogP contribution in [0.25, 0.3) is 0 Å². The van der Waals surface area contributed by atoms with Gasteiger partial charge in [-0.25, -0.2) is 9.37 Å². The molecule has 30 heavy (non-hydrogen) atoms. The number of aromatic nitrogens is 1. The Hall–Kier alpha value is -2.34. The molecule has 0 radical (unpaired) electrons. The second kappa shape index (κ2) is 9.21. The maximum absolute atomic E-state index is 13.4. The maximum Gasteiger partial charge on any atom is 0.251 e. The van der Waals surface area contributed by atoms with Gasteiger partial charge in [-0.1, -0.05) is 24.4 Å². The van der Waals surface area contributed by atoms with Crippen molar-refractivity contribution in [2.45, 2.75) is 57.5 Å². The van der Waals surface area contributed by atoms with Gasteiger partial charge < -0.3 is 15.5 Å². The van der Waals surface area contributed by atoms with Gasteiger partial charge in [-0.2, -0.15) is 0 Å². The molecule has 0 spiro atoms. The van der Waals surface area contributed by atoms with Crippen molar-refractivity contribution in [1.29, 1.82) is 0 Å². The molecule has 2 aromatic rings. The van der Waals surface area contributed by atoms with Crippen LogP contribution in [0.2, 0.25) is 5.02 Å². The van der Waals surface area contributed by atoms with Crippen LogP contribution >= 0.6 is 11.6 Å². The van der Waals surface area contributed by atoms with E-state index in [0.717, 1.165) is 44.6 Å². The fraction of sp³-hybridized carbons (Fsp3) is 0.478. The van der Waals surface area contributed by atoms with Crippen LogP contribution in [0.4, 0.5) is 15.9 Å². The van der Waals surface area contributed by atoms with Crippen molar-refractivity contribution in [3.8, 4) is 0 Å². The minimum absolute atomic E-state index is 0.0200. The molecule has 4 rings (SSSR count). The molecule has 5 nitrogen and oxygen atoms in total. The number of rotatable bonds is 5. The Morgan fingerprint density at radius 3 is 2.60 bits per heavy atom.